The maximum Gasteiger partial charge on any atom is 0.0931 e. The molecule has 0 radical (unpaired) electrons. The molecule has 1 unspecified atom stereocenters. The molecule has 4 nitrogen and oxygen atoms in total. The number of aromatic amines is 1. The number of imidazole rings is 1. The van der Waals surface area contributed by atoms with E-state index in [0.29, 0.717) is 0 Å². The summed E-state index contributed by atoms with van der Waals surface area (Å²) in [4.78, 5) is 7.32. The minimum atomic E-state index is -0.138. The van der Waals surface area contributed by atoms with Crippen LogP contribution in [0.1, 0.15) is 17.2 Å². The molecular formula is C15H16N4. The Morgan fingerprint density at radius 2 is 2.00 bits per heavy atom. The molecule has 0 spiro atoms. The zero-order valence-electron chi connectivity index (χ0n) is 10.7. The number of benzene rings is 2. The molecule has 0 amide bonds. The molecule has 0 saturated carbocycles. The van der Waals surface area contributed by atoms with Gasteiger partial charge in [-0.15, -0.1) is 0 Å². The first-order chi connectivity index (χ1) is 9.28. The lowest BCUT2D eigenvalue weighted by molar-refractivity contribution is 0.873. The van der Waals surface area contributed by atoms with Crippen LogP contribution in [0, 0.1) is 0 Å². The SMILES string of the molecule is CNc1cccc(C(N)c2ccc3nc[nH]c3c2)c1. The summed E-state index contributed by atoms with van der Waals surface area (Å²) in [5.74, 6) is 0. The second-order valence-electron chi connectivity index (χ2n) is 4.53. The molecular weight excluding hydrogens is 236 g/mol. The van der Waals surface area contributed by atoms with Crippen molar-refractivity contribution in [3.8, 4) is 0 Å². The molecule has 0 bridgehead atoms. The summed E-state index contributed by atoms with van der Waals surface area (Å²) in [5.41, 5.74) is 11.5. The van der Waals surface area contributed by atoms with Gasteiger partial charge in [0.25, 0.3) is 0 Å². The summed E-state index contributed by atoms with van der Waals surface area (Å²) < 4.78 is 0. The van der Waals surface area contributed by atoms with E-state index in [4.69, 9.17) is 5.73 Å². The summed E-state index contributed by atoms with van der Waals surface area (Å²) in [6.07, 6.45) is 1.70. The van der Waals surface area contributed by atoms with Crippen molar-refractivity contribution < 1.29 is 0 Å². The zero-order chi connectivity index (χ0) is 13.2. The van der Waals surface area contributed by atoms with Crippen LogP contribution in [-0.4, -0.2) is 17.0 Å². The predicted octanol–water partition coefficient (Wildman–Crippen LogP) is 2.65. The van der Waals surface area contributed by atoms with Crippen LogP contribution in [0.25, 0.3) is 11.0 Å². The largest absolute Gasteiger partial charge is 0.388 e. The van der Waals surface area contributed by atoms with E-state index < -0.39 is 0 Å². The van der Waals surface area contributed by atoms with Gasteiger partial charge in [-0.25, -0.2) is 4.98 Å². The van der Waals surface area contributed by atoms with Crippen molar-refractivity contribution in [1.29, 1.82) is 0 Å². The number of H-pyrrole nitrogens is 1. The molecule has 1 heterocycles. The van der Waals surface area contributed by atoms with Crippen LogP contribution in [0.4, 0.5) is 5.69 Å². The fourth-order valence-corrected chi connectivity index (χ4v) is 2.23. The molecule has 3 aromatic rings. The Morgan fingerprint density at radius 3 is 2.84 bits per heavy atom. The van der Waals surface area contributed by atoms with Crippen molar-refractivity contribution in [3.63, 3.8) is 0 Å². The van der Waals surface area contributed by atoms with Gasteiger partial charge in [0.15, 0.2) is 0 Å². The van der Waals surface area contributed by atoms with Crippen molar-refractivity contribution in [3.05, 3.63) is 59.9 Å². The van der Waals surface area contributed by atoms with Gasteiger partial charge in [0.1, 0.15) is 0 Å². The van der Waals surface area contributed by atoms with Crippen LogP contribution >= 0.6 is 0 Å². The highest BCUT2D eigenvalue weighted by Gasteiger charge is 2.10. The van der Waals surface area contributed by atoms with Crippen LogP contribution in [-0.2, 0) is 0 Å². The van der Waals surface area contributed by atoms with Crippen molar-refractivity contribution >= 4 is 16.7 Å². The Morgan fingerprint density at radius 1 is 1.16 bits per heavy atom. The fraction of sp³-hybridized carbons (Fsp3) is 0.133. The van der Waals surface area contributed by atoms with E-state index in [1.807, 2.05) is 37.4 Å². The summed E-state index contributed by atoms with van der Waals surface area (Å²) in [7, 11) is 1.90. The molecule has 1 atom stereocenters. The van der Waals surface area contributed by atoms with Gasteiger partial charge in [0.05, 0.1) is 23.4 Å². The monoisotopic (exact) mass is 252 g/mol. The minimum Gasteiger partial charge on any atom is -0.388 e. The maximum absolute atomic E-state index is 6.34. The summed E-state index contributed by atoms with van der Waals surface area (Å²) >= 11 is 0. The number of hydrogen-bond acceptors (Lipinski definition) is 3. The lowest BCUT2D eigenvalue weighted by Gasteiger charge is -2.14. The summed E-state index contributed by atoms with van der Waals surface area (Å²) in [6.45, 7) is 0. The Balaban J connectivity index is 1.99. The second kappa shape index (κ2) is 4.74. The Labute approximate surface area is 111 Å². The number of rotatable bonds is 3. The van der Waals surface area contributed by atoms with Gasteiger partial charge in [-0.2, -0.15) is 0 Å². The first kappa shape index (κ1) is 11.7. The van der Waals surface area contributed by atoms with E-state index in [9.17, 15) is 0 Å². The van der Waals surface area contributed by atoms with Crippen LogP contribution in [0.5, 0.6) is 0 Å². The normalized spacial score (nSPS) is 12.5. The topological polar surface area (TPSA) is 66.7 Å². The quantitative estimate of drug-likeness (QED) is 0.671. The van der Waals surface area contributed by atoms with E-state index in [2.05, 4.69) is 27.4 Å². The number of anilines is 1. The lowest BCUT2D eigenvalue weighted by atomic mass is 9.99. The van der Waals surface area contributed by atoms with E-state index in [1.54, 1.807) is 6.33 Å². The Kier molecular flexibility index (Phi) is 2.93. The van der Waals surface area contributed by atoms with E-state index in [-0.39, 0.29) is 6.04 Å². The van der Waals surface area contributed by atoms with Crippen molar-refractivity contribution in [2.75, 3.05) is 12.4 Å². The van der Waals surface area contributed by atoms with Gasteiger partial charge in [-0.05, 0) is 35.4 Å². The predicted molar refractivity (Wildman–Crippen MR) is 78.1 cm³/mol. The van der Waals surface area contributed by atoms with Gasteiger partial charge >= 0.3 is 0 Å². The van der Waals surface area contributed by atoms with Crippen molar-refractivity contribution in [2.24, 2.45) is 5.73 Å². The van der Waals surface area contributed by atoms with E-state index >= 15 is 0 Å². The third-order valence-corrected chi connectivity index (χ3v) is 3.34. The average Bonchev–Trinajstić information content (AvgIpc) is 2.94. The van der Waals surface area contributed by atoms with Gasteiger partial charge < -0.3 is 16.0 Å². The third kappa shape index (κ3) is 2.18. The Hall–Kier alpha value is -2.33. The number of fused-ring (bicyclic) bond motifs is 1. The van der Waals surface area contributed by atoms with Crippen molar-refractivity contribution in [2.45, 2.75) is 6.04 Å². The number of nitrogens with two attached hydrogens (primary N) is 1. The molecule has 0 aliphatic rings. The third-order valence-electron chi connectivity index (χ3n) is 3.34. The average molecular weight is 252 g/mol. The van der Waals surface area contributed by atoms with E-state index in [1.165, 1.54) is 0 Å². The summed E-state index contributed by atoms with van der Waals surface area (Å²) in [6, 6.07) is 14.1. The number of hydrogen-bond donors (Lipinski definition) is 3. The molecule has 0 saturated heterocycles. The highest BCUT2D eigenvalue weighted by Crippen LogP contribution is 2.24. The van der Waals surface area contributed by atoms with E-state index in [0.717, 1.165) is 27.8 Å². The highest BCUT2D eigenvalue weighted by atomic mass is 14.9. The highest BCUT2D eigenvalue weighted by molar-refractivity contribution is 5.75. The van der Waals surface area contributed by atoms with Crippen molar-refractivity contribution in [1.82, 2.24) is 9.97 Å². The molecule has 4 heteroatoms. The molecule has 19 heavy (non-hydrogen) atoms. The van der Waals surface area contributed by atoms with Gasteiger partial charge in [-0.1, -0.05) is 18.2 Å². The molecule has 0 aliphatic carbocycles. The minimum absolute atomic E-state index is 0.138. The zero-order valence-corrected chi connectivity index (χ0v) is 10.7. The Bertz CT molecular complexity index is 702. The molecule has 2 aromatic carbocycles. The van der Waals surface area contributed by atoms with Crippen LogP contribution < -0.4 is 11.1 Å². The molecule has 1 aromatic heterocycles. The smallest absolute Gasteiger partial charge is 0.0931 e. The number of nitrogens with zero attached hydrogens (tertiary/aromatic N) is 1. The molecule has 0 aliphatic heterocycles. The molecule has 4 N–H and O–H groups in total. The number of aromatic nitrogens is 2. The maximum atomic E-state index is 6.34. The molecule has 96 valence electrons. The standard InChI is InChI=1S/C15H16N4/c1-17-12-4-2-3-10(7-12)15(16)11-5-6-13-14(8-11)19-9-18-13/h2-9,15,17H,16H2,1H3,(H,18,19). The lowest BCUT2D eigenvalue weighted by Crippen LogP contribution is -2.12. The first-order valence-electron chi connectivity index (χ1n) is 6.24. The van der Waals surface area contributed by atoms with Crippen LogP contribution in [0.3, 0.4) is 0 Å². The fourth-order valence-electron chi connectivity index (χ4n) is 2.23. The molecule has 3 rings (SSSR count). The number of nitrogens with one attached hydrogen (secondary N) is 2. The second-order valence-corrected chi connectivity index (χ2v) is 4.53. The van der Waals surface area contributed by atoms with Gasteiger partial charge in [-0.3, -0.25) is 0 Å². The van der Waals surface area contributed by atoms with Gasteiger partial charge in [0.2, 0.25) is 0 Å². The first-order valence-corrected chi connectivity index (χ1v) is 6.24. The molecule has 0 fully saturated rings. The summed E-state index contributed by atoms with van der Waals surface area (Å²) in [5, 5.41) is 3.13. The van der Waals surface area contributed by atoms with Crippen LogP contribution in [0.2, 0.25) is 0 Å². The van der Waals surface area contributed by atoms with Crippen LogP contribution in [0.15, 0.2) is 48.8 Å². The van der Waals surface area contributed by atoms with Gasteiger partial charge in [0, 0.05) is 12.7 Å².